The molecule has 0 bridgehead atoms. The number of carboxylic acid groups (broad SMARTS) is 1. The van der Waals surface area contributed by atoms with Gasteiger partial charge in [0, 0.05) is 24.0 Å². The molecule has 0 unspecified atom stereocenters. The van der Waals surface area contributed by atoms with Crippen molar-refractivity contribution in [2.24, 2.45) is 11.8 Å². The molecule has 21 heavy (non-hydrogen) atoms. The quantitative estimate of drug-likeness (QED) is 0.885. The van der Waals surface area contributed by atoms with E-state index in [9.17, 15) is 9.59 Å². The standard InChI is InChI=1S/C16H20BrNO3/c1-18(9-8-11-2-6-14(17)7-3-11)15(19)12-4-5-13(10-12)16(20)21/h2-3,6-7,12-13H,4-5,8-10H2,1H3,(H,20,21)/t12-,13+/m1/s1. The second kappa shape index (κ2) is 7.07. The molecule has 0 radical (unpaired) electrons. The predicted molar refractivity (Wildman–Crippen MR) is 83.9 cm³/mol. The summed E-state index contributed by atoms with van der Waals surface area (Å²) in [5.74, 6) is -1.17. The summed E-state index contributed by atoms with van der Waals surface area (Å²) in [5, 5.41) is 9.00. The van der Waals surface area contributed by atoms with Crippen LogP contribution in [-0.2, 0) is 16.0 Å². The Balaban J connectivity index is 1.83. The Bertz CT molecular complexity index is 515. The van der Waals surface area contributed by atoms with Crippen molar-refractivity contribution in [1.82, 2.24) is 4.90 Å². The zero-order valence-electron chi connectivity index (χ0n) is 12.1. The van der Waals surface area contributed by atoms with Crippen molar-refractivity contribution in [2.75, 3.05) is 13.6 Å². The van der Waals surface area contributed by atoms with E-state index in [1.54, 1.807) is 11.9 Å². The second-order valence-corrected chi connectivity index (χ2v) is 6.60. The number of halogens is 1. The van der Waals surface area contributed by atoms with Crippen LogP contribution in [0.4, 0.5) is 0 Å². The van der Waals surface area contributed by atoms with Crippen LogP contribution in [0.25, 0.3) is 0 Å². The predicted octanol–water partition coefficient (Wildman–Crippen LogP) is 2.95. The van der Waals surface area contributed by atoms with Gasteiger partial charge in [-0.1, -0.05) is 28.1 Å². The number of amides is 1. The maximum absolute atomic E-state index is 12.3. The average molecular weight is 354 g/mol. The van der Waals surface area contributed by atoms with Crippen molar-refractivity contribution < 1.29 is 14.7 Å². The third kappa shape index (κ3) is 4.30. The largest absolute Gasteiger partial charge is 0.481 e. The molecule has 5 heteroatoms. The summed E-state index contributed by atoms with van der Waals surface area (Å²) in [6.45, 7) is 0.661. The van der Waals surface area contributed by atoms with Crippen molar-refractivity contribution >= 4 is 27.8 Å². The van der Waals surface area contributed by atoms with Crippen molar-refractivity contribution in [3.8, 4) is 0 Å². The molecule has 1 saturated carbocycles. The highest BCUT2D eigenvalue weighted by molar-refractivity contribution is 9.10. The highest BCUT2D eigenvalue weighted by Crippen LogP contribution is 2.32. The number of hydrogen-bond acceptors (Lipinski definition) is 2. The van der Waals surface area contributed by atoms with Gasteiger partial charge in [0.05, 0.1) is 5.92 Å². The maximum Gasteiger partial charge on any atom is 0.306 e. The first-order valence-electron chi connectivity index (χ1n) is 7.19. The fraction of sp³-hybridized carbons (Fsp3) is 0.500. The van der Waals surface area contributed by atoms with Gasteiger partial charge in [-0.3, -0.25) is 9.59 Å². The van der Waals surface area contributed by atoms with E-state index < -0.39 is 5.97 Å². The van der Waals surface area contributed by atoms with Gasteiger partial charge >= 0.3 is 5.97 Å². The smallest absolute Gasteiger partial charge is 0.306 e. The van der Waals surface area contributed by atoms with Gasteiger partial charge in [0.2, 0.25) is 5.91 Å². The van der Waals surface area contributed by atoms with Crippen molar-refractivity contribution in [2.45, 2.75) is 25.7 Å². The summed E-state index contributed by atoms with van der Waals surface area (Å²) in [5.41, 5.74) is 1.19. The molecule has 0 spiro atoms. The fourth-order valence-corrected chi connectivity index (χ4v) is 3.06. The van der Waals surface area contributed by atoms with E-state index in [4.69, 9.17) is 5.11 Å². The third-order valence-electron chi connectivity index (χ3n) is 4.16. The van der Waals surface area contributed by atoms with Crippen molar-refractivity contribution in [3.63, 3.8) is 0 Å². The maximum atomic E-state index is 12.3. The first kappa shape index (κ1) is 16.0. The number of rotatable bonds is 5. The zero-order chi connectivity index (χ0) is 15.4. The van der Waals surface area contributed by atoms with Gasteiger partial charge in [-0.25, -0.2) is 0 Å². The lowest BCUT2D eigenvalue weighted by atomic mass is 10.0. The van der Waals surface area contributed by atoms with E-state index in [1.165, 1.54) is 5.56 Å². The number of aliphatic carboxylic acids is 1. The summed E-state index contributed by atoms with van der Waals surface area (Å²) >= 11 is 3.40. The Kier molecular flexibility index (Phi) is 5.39. The van der Waals surface area contributed by atoms with E-state index in [0.29, 0.717) is 25.8 Å². The Morgan fingerprint density at radius 1 is 1.24 bits per heavy atom. The molecule has 1 fully saturated rings. The van der Waals surface area contributed by atoms with Gasteiger partial charge in [-0.15, -0.1) is 0 Å². The van der Waals surface area contributed by atoms with Gasteiger partial charge in [0.25, 0.3) is 0 Å². The summed E-state index contributed by atoms with van der Waals surface area (Å²) in [4.78, 5) is 25.0. The van der Waals surface area contributed by atoms with Crippen LogP contribution in [0.15, 0.2) is 28.7 Å². The lowest BCUT2D eigenvalue weighted by molar-refractivity contribution is -0.141. The molecular weight excluding hydrogens is 334 g/mol. The Morgan fingerprint density at radius 2 is 1.86 bits per heavy atom. The number of benzene rings is 1. The van der Waals surface area contributed by atoms with E-state index >= 15 is 0 Å². The highest BCUT2D eigenvalue weighted by Gasteiger charge is 2.34. The van der Waals surface area contributed by atoms with E-state index in [0.717, 1.165) is 10.9 Å². The van der Waals surface area contributed by atoms with Gasteiger partial charge in [-0.2, -0.15) is 0 Å². The van der Waals surface area contributed by atoms with Gasteiger partial charge in [0.15, 0.2) is 0 Å². The van der Waals surface area contributed by atoms with Crippen molar-refractivity contribution in [3.05, 3.63) is 34.3 Å². The molecule has 0 aromatic heterocycles. The summed E-state index contributed by atoms with van der Waals surface area (Å²) in [7, 11) is 1.80. The SMILES string of the molecule is CN(CCc1ccc(Br)cc1)C(=O)[C@@H]1CC[C@H](C(=O)O)C1. The minimum Gasteiger partial charge on any atom is -0.481 e. The minimum absolute atomic E-state index is 0.0795. The van der Waals surface area contributed by atoms with Crippen LogP contribution in [0.5, 0.6) is 0 Å². The number of carboxylic acids is 1. The number of hydrogen-bond donors (Lipinski definition) is 1. The third-order valence-corrected chi connectivity index (χ3v) is 4.69. The Labute approximate surface area is 133 Å². The average Bonchev–Trinajstić information content (AvgIpc) is 2.95. The highest BCUT2D eigenvalue weighted by atomic mass is 79.9. The van der Waals surface area contributed by atoms with Crippen LogP contribution in [0.3, 0.4) is 0 Å². The molecule has 0 saturated heterocycles. The van der Waals surface area contributed by atoms with Gasteiger partial charge < -0.3 is 10.0 Å². The molecule has 2 rings (SSSR count). The first-order chi connectivity index (χ1) is 9.97. The molecule has 114 valence electrons. The van der Waals surface area contributed by atoms with Crippen LogP contribution >= 0.6 is 15.9 Å². The fourth-order valence-electron chi connectivity index (χ4n) is 2.80. The summed E-state index contributed by atoms with van der Waals surface area (Å²) in [6.07, 6.45) is 2.60. The summed E-state index contributed by atoms with van der Waals surface area (Å²) < 4.78 is 1.04. The molecule has 1 aliphatic carbocycles. The molecule has 1 aliphatic rings. The van der Waals surface area contributed by atoms with Crippen molar-refractivity contribution in [1.29, 1.82) is 0 Å². The van der Waals surface area contributed by atoms with Crippen LogP contribution in [0.1, 0.15) is 24.8 Å². The number of carbonyl (C=O) groups is 2. The first-order valence-corrected chi connectivity index (χ1v) is 7.99. The summed E-state index contributed by atoms with van der Waals surface area (Å²) in [6, 6.07) is 8.06. The number of nitrogens with zero attached hydrogens (tertiary/aromatic N) is 1. The Hall–Kier alpha value is -1.36. The molecule has 1 aromatic carbocycles. The number of carbonyl (C=O) groups excluding carboxylic acids is 1. The van der Waals surface area contributed by atoms with Gasteiger partial charge in [0.1, 0.15) is 0 Å². The molecule has 4 nitrogen and oxygen atoms in total. The lowest BCUT2D eigenvalue weighted by Gasteiger charge is -2.21. The minimum atomic E-state index is -0.775. The second-order valence-electron chi connectivity index (χ2n) is 5.68. The molecule has 2 atom stereocenters. The molecule has 1 N–H and O–H groups in total. The van der Waals surface area contributed by atoms with E-state index in [-0.39, 0.29) is 17.7 Å². The van der Waals surface area contributed by atoms with Gasteiger partial charge in [-0.05, 0) is 43.4 Å². The topological polar surface area (TPSA) is 57.6 Å². The van der Waals surface area contributed by atoms with Crippen LogP contribution in [-0.4, -0.2) is 35.5 Å². The lowest BCUT2D eigenvalue weighted by Crippen LogP contribution is -2.33. The normalized spacial score (nSPS) is 21.2. The molecule has 1 aromatic rings. The monoisotopic (exact) mass is 353 g/mol. The molecule has 0 aliphatic heterocycles. The molecule has 0 heterocycles. The van der Waals surface area contributed by atoms with Crippen LogP contribution in [0.2, 0.25) is 0 Å². The molecule has 1 amide bonds. The Morgan fingerprint density at radius 3 is 2.43 bits per heavy atom. The molecular formula is C16H20BrNO3. The van der Waals surface area contributed by atoms with E-state index in [1.807, 2.05) is 24.3 Å². The number of likely N-dealkylation sites (N-methyl/N-ethyl adjacent to an activating group) is 1. The van der Waals surface area contributed by atoms with Crippen LogP contribution < -0.4 is 0 Å². The van der Waals surface area contributed by atoms with Crippen LogP contribution in [0, 0.1) is 11.8 Å². The van der Waals surface area contributed by atoms with E-state index in [2.05, 4.69) is 15.9 Å². The zero-order valence-corrected chi connectivity index (χ0v) is 13.7.